The second-order valence-electron chi connectivity index (χ2n) is 11.0. The molecule has 6 rings (SSSR count). The summed E-state index contributed by atoms with van der Waals surface area (Å²) in [5, 5.41) is 23.0. The van der Waals surface area contributed by atoms with Crippen LogP contribution in [-0.2, 0) is 35.8 Å². The van der Waals surface area contributed by atoms with Gasteiger partial charge in [0.05, 0.1) is 0 Å². The lowest BCUT2D eigenvalue weighted by molar-refractivity contribution is -0.115. The number of fused-ring (bicyclic) bond motifs is 2. The SMILES string of the molecule is CC(=O)Nc1ccc(-c2ccccc2)c2c1CN(C)C2.CC(=O)Nc1ccc(Br)c2c1CN(C)C2.OB(O)c1ccccc1. The predicted molar refractivity (Wildman–Crippen MR) is 181 cm³/mol. The molecule has 4 N–H and O–H groups in total. The van der Waals surface area contributed by atoms with Gasteiger partial charge in [0.2, 0.25) is 11.8 Å². The number of halogens is 1. The van der Waals surface area contributed by atoms with Crippen LogP contribution in [0.1, 0.15) is 36.1 Å². The molecular weight excluding hydrogens is 619 g/mol. The maximum atomic E-state index is 11.3. The first-order valence-corrected chi connectivity index (χ1v) is 15.2. The molecule has 0 fully saturated rings. The van der Waals surface area contributed by atoms with E-state index >= 15 is 0 Å². The molecule has 228 valence electrons. The van der Waals surface area contributed by atoms with Crippen molar-refractivity contribution in [3.05, 3.63) is 112 Å². The minimum absolute atomic E-state index is 0.0192. The molecule has 0 aliphatic carbocycles. The van der Waals surface area contributed by atoms with Gasteiger partial charge in [-0.1, -0.05) is 82.7 Å². The van der Waals surface area contributed by atoms with Gasteiger partial charge < -0.3 is 20.7 Å². The second kappa shape index (κ2) is 15.3. The largest absolute Gasteiger partial charge is 0.488 e. The number of hydrogen-bond acceptors (Lipinski definition) is 6. The Balaban J connectivity index is 0.000000162. The molecule has 8 nitrogen and oxygen atoms in total. The molecule has 2 aliphatic heterocycles. The second-order valence-corrected chi connectivity index (χ2v) is 11.9. The number of hydrogen-bond donors (Lipinski definition) is 4. The Morgan fingerprint density at radius 2 is 1.11 bits per heavy atom. The number of nitrogens with one attached hydrogen (secondary N) is 2. The quantitative estimate of drug-likeness (QED) is 0.231. The molecule has 0 radical (unpaired) electrons. The molecule has 0 saturated heterocycles. The molecule has 44 heavy (non-hydrogen) atoms. The number of amides is 2. The summed E-state index contributed by atoms with van der Waals surface area (Å²) < 4.78 is 1.12. The van der Waals surface area contributed by atoms with E-state index in [2.05, 4.69) is 80.8 Å². The summed E-state index contributed by atoms with van der Waals surface area (Å²) in [6.45, 7) is 6.72. The first kappa shape index (κ1) is 33.1. The molecule has 4 aromatic rings. The Kier molecular flexibility index (Phi) is 11.5. The van der Waals surface area contributed by atoms with Crippen LogP contribution in [0.2, 0.25) is 0 Å². The van der Waals surface area contributed by atoms with Crippen LogP contribution in [0, 0.1) is 0 Å². The zero-order valence-electron chi connectivity index (χ0n) is 25.5. The highest BCUT2D eigenvalue weighted by atomic mass is 79.9. The van der Waals surface area contributed by atoms with Crippen molar-refractivity contribution in [3.8, 4) is 11.1 Å². The van der Waals surface area contributed by atoms with E-state index in [0.29, 0.717) is 5.46 Å². The van der Waals surface area contributed by atoms with Crippen molar-refractivity contribution in [1.29, 1.82) is 0 Å². The lowest BCUT2D eigenvalue weighted by Gasteiger charge is -2.13. The lowest BCUT2D eigenvalue weighted by Crippen LogP contribution is -2.29. The summed E-state index contributed by atoms with van der Waals surface area (Å²) >= 11 is 3.54. The Morgan fingerprint density at radius 3 is 1.61 bits per heavy atom. The number of nitrogens with zero attached hydrogens (tertiary/aromatic N) is 2. The first-order valence-electron chi connectivity index (χ1n) is 14.4. The average Bonchev–Trinajstić information content (AvgIpc) is 3.59. The fraction of sp³-hybridized carbons (Fsp3) is 0.235. The van der Waals surface area contributed by atoms with Crippen LogP contribution in [0.3, 0.4) is 0 Å². The monoisotopic (exact) mass is 656 g/mol. The zero-order valence-corrected chi connectivity index (χ0v) is 27.1. The molecule has 10 heteroatoms. The summed E-state index contributed by atoms with van der Waals surface area (Å²) in [6, 6.07) is 27.1. The number of carbonyl (C=O) groups is 2. The zero-order chi connectivity index (χ0) is 31.8. The summed E-state index contributed by atoms with van der Waals surface area (Å²) in [4.78, 5) is 26.9. The van der Waals surface area contributed by atoms with Crippen molar-refractivity contribution in [2.75, 3.05) is 24.7 Å². The molecule has 2 heterocycles. The molecule has 0 bridgehead atoms. The van der Waals surface area contributed by atoms with Crippen LogP contribution in [0.25, 0.3) is 11.1 Å². The Hall–Kier alpha value is -3.80. The molecule has 0 spiro atoms. The van der Waals surface area contributed by atoms with E-state index in [1.54, 1.807) is 31.2 Å². The van der Waals surface area contributed by atoms with Crippen LogP contribution >= 0.6 is 15.9 Å². The molecule has 0 saturated carbocycles. The van der Waals surface area contributed by atoms with E-state index in [-0.39, 0.29) is 11.8 Å². The number of rotatable bonds is 4. The Morgan fingerprint density at radius 1 is 0.659 bits per heavy atom. The number of anilines is 2. The highest BCUT2D eigenvalue weighted by molar-refractivity contribution is 9.10. The van der Waals surface area contributed by atoms with Crippen LogP contribution in [0.15, 0.2) is 89.4 Å². The molecule has 0 aromatic heterocycles. The lowest BCUT2D eigenvalue weighted by atomic mass is 9.81. The number of carbonyl (C=O) groups excluding carboxylic acids is 2. The van der Waals surface area contributed by atoms with Gasteiger partial charge in [0.25, 0.3) is 0 Å². The van der Waals surface area contributed by atoms with Crippen molar-refractivity contribution in [1.82, 2.24) is 9.80 Å². The van der Waals surface area contributed by atoms with E-state index in [1.807, 2.05) is 30.3 Å². The molecule has 2 aliphatic rings. The van der Waals surface area contributed by atoms with Gasteiger partial charge in [-0.25, -0.2) is 0 Å². The number of benzene rings is 4. The van der Waals surface area contributed by atoms with Crippen LogP contribution in [-0.4, -0.2) is 52.9 Å². The predicted octanol–water partition coefficient (Wildman–Crippen LogP) is 4.98. The van der Waals surface area contributed by atoms with Gasteiger partial charge in [0.1, 0.15) is 0 Å². The Labute approximate surface area is 268 Å². The van der Waals surface area contributed by atoms with Crippen molar-refractivity contribution in [2.24, 2.45) is 0 Å². The minimum atomic E-state index is -1.34. The normalized spacial score (nSPS) is 13.4. The van der Waals surface area contributed by atoms with E-state index in [9.17, 15) is 9.59 Å². The molecule has 0 unspecified atom stereocenters. The van der Waals surface area contributed by atoms with Gasteiger partial charge in [0, 0.05) is 55.9 Å². The molecule has 4 aromatic carbocycles. The van der Waals surface area contributed by atoms with Gasteiger partial charge in [-0.3, -0.25) is 19.4 Å². The van der Waals surface area contributed by atoms with Crippen molar-refractivity contribution in [3.63, 3.8) is 0 Å². The molecular formula is C34H38BBrN4O4. The van der Waals surface area contributed by atoms with Gasteiger partial charge in [-0.05, 0) is 71.1 Å². The topological polar surface area (TPSA) is 105 Å². The van der Waals surface area contributed by atoms with E-state index in [1.165, 1.54) is 40.3 Å². The fourth-order valence-corrected chi connectivity index (χ4v) is 5.89. The summed E-state index contributed by atoms with van der Waals surface area (Å²) in [7, 11) is 2.84. The first-order chi connectivity index (χ1) is 21.0. The van der Waals surface area contributed by atoms with E-state index in [4.69, 9.17) is 10.0 Å². The summed E-state index contributed by atoms with van der Waals surface area (Å²) in [5.41, 5.74) is 9.96. The third-order valence-corrected chi connectivity index (χ3v) is 8.06. The van der Waals surface area contributed by atoms with Crippen molar-refractivity contribution >= 4 is 51.7 Å². The van der Waals surface area contributed by atoms with Crippen molar-refractivity contribution in [2.45, 2.75) is 40.0 Å². The van der Waals surface area contributed by atoms with Crippen molar-refractivity contribution < 1.29 is 19.6 Å². The molecule has 2 amide bonds. The van der Waals surface area contributed by atoms with Gasteiger partial charge in [-0.15, -0.1) is 0 Å². The van der Waals surface area contributed by atoms with Gasteiger partial charge in [-0.2, -0.15) is 0 Å². The Bertz CT molecular complexity index is 1600. The van der Waals surface area contributed by atoms with Crippen LogP contribution in [0.4, 0.5) is 11.4 Å². The summed E-state index contributed by atoms with van der Waals surface area (Å²) in [6.07, 6.45) is 0. The average molecular weight is 657 g/mol. The maximum Gasteiger partial charge on any atom is 0.488 e. The standard InChI is InChI=1S/C17H18N2O.C11H13BrN2O.C6H7BO2/c1-12(20)18-17-9-8-14(13-6-4-3-5-7-13)15-10-19(2)11-16(15)17;1-7(15)13-11-4-3-10(12)8-5-14(2)6-9(8)11;8-7(9)6-4-2-1-3-5-6/h3-9H,10-11H2,1-2H3,(H,18,20);3-4H,5-6H2,1-2H3,(H,13,15);1-5,8-9H. The van der Waals surface area contributed by atoms with E-state index < -0.39 is 7.12 Å². The maximum absolute atomic E-state index is 11.3. The molecule has 0 atom stereocenters. The third kappa shape index (κ3) is 8.65. The highest BCUT2D eigenvalue weighted by Crippen LogP contribution is 2.37. The van der Waals surface area contributed by atoms with Gasteiger partial charge in [0.15, 0.2) is 0 Å². The smallest absolute Gasteiger partial charge is 0.423 e. The van der Waals surface area contributed by atoms with Crippen LogP contribution < -0.4 is 16.1 Å². The van der Waals surface area contributed by atoms with Crippen LogP contribution in [0.5, 0.6) is 0 Å². The highest BCUT2D eigenvalue weighted by Gasteiger charge is 2.23. The van der Waals surface area contributed by atoms with E-state index in [0.717, 1.165) is 42.0 Å². The fourth-order valence-electron chi connectivity index (χ4n) is 5.39. The van der Waals surface area contributed by atoms with Gasteiger partial charge >= 0.3 is 7.12 Å². The summed E-state index contributed by atoms with van der Waals surface area (Å²) in [5.74, 6) is -0.0386. The third-order valence-electron chi connectivity index (χ3n) is 7.32. The minimum Gasteiger partial charge on any atom is -0.423 e.